The number of halogens is 1. The Morgan fingerprint density at radius 2 is 2.10 bits per heavy atom. The van der Waals surface area contributed by atoms with Gasteiger partial charge in [-0.25, -0.2) is 4.39 Å². The zero-order valence-corrected chi connectivity index (χ0v) is 12.4. The smallest absolute Gasteiger partial charge is 0.224 e. The first-order valence-electron chi connectivity index (χ1n) is 6.94. The van der Waals surface area contributed by atoms with Gasteiger partial charge in [0.1, 0.15) is 5.82 Å². The van der Waals surface area contributed by atoms with Gasteiger partial charge in [0.25, 0.3) is 0 Å². The number of para-hydroxylation sites is 1. The normalized spacial score (nSPS) is 12.0. The van der Waals surface area contributed by atoms with Crippen molar-refractivity contribution < 1.29 is 9.18 Å². The average molecular weight is 281 g/mol. The predicted octanol–water partition coefficient (Wildman–Crippen LogP) is 1.62. The minimum absolute atomic E-state index is 0.0377. The van der Waals surface area contributed by atoms with Gasteiger partial charge >= 0.3 is 0 Å². The molecule has 20 heavy (non-hydrogen) atoms. The molecule has 0 aliphatic rings. The van der Waals surface area contributed by atoms with Crippen molar-refractivity contribution in [1.29, 1.82) is 0 Å². The van der Waals surface area contributed by atoms with Crippen molar-refractivity contribution in [1.82, 2.24) is 10.6 Å². The molecule has 0 aromatic heterocycles. The molecule has 1 atom stereocenters. The van der Waals surface area contributed by atoms with E-state index in [1.807, 2.05) is 32.0 Å². The molecule has 0 saturated carbocycles. The second-order valence-electron chi connectivity index (χ2n) is 4.98. The summed E-state index contributed by atoms with van der Waals surface area (Å²) in [6.07, 6.45) is 0.781. The molecular weight excluding hydrogens is 257 g/mol. The molecule has 0 bridgehead atoms. The van der Waals surface area contributed by atoms with Crippen LogP contribution >= 0.6 is 0 Å². The van der Waals surface area contributed by atoms with E-state index in [2.05, 4.69) is 10.6 Å². The third-order valence-corrected chi connectivity index (χ3v) is 3.19. The summed E-state index contributed by atoms with van der Waals surface area (Å²) in [5.41, 5.74) is 0.586. The van der Waals surface area contributed by atoms with Crippen LogP contribution in [0.3, 0.4) is 0 Å². The largest absolute Gasteiger partial charge is 0.372 e. The number of nitrogens with one attached hydrogen (secondary N) is 2. The first-order valence-corrected chi connectivity index (χ1v) is 6.94. The molecule has 1 amide bonds. The standard InChI is InChI=1S/C15H24FN3O/c1-12(11-17-2)15(20)18-9-6-10-19(3)14-8-5-4-7-13(14)16/h4-5,7-8,12,17H,6,9-11H2,1-3H3,(H,18,20). The van der Waals surface area contributed by atoms with Crippen molar-refractivity contribution in [2.75, 3.05) is 38.6 Å². The SMILES string of the molecule is CNCC(C)C(=O)NCCCN(C)c1ccccc1F. The fourth-order valence-corrected chi connectivity index (χ4v) is 1.98. The molecule has 1 rings (SSSR count). The lowest BCUT2D eigenvalue weighted by atomic mass is 10.1. The quantitative estimate of drug-likeness (QED) is 0.712. The Morgan fingerprint density at radius 3 is 2.75 bits per heavy atom. The first kappa shape index (κ1) is 16.4. The van der Waals surface area contributed by atoms with Crippen LogP contribution in [0.1, 0.15) is 13.3 Å². The number of hydrogen-bond acceptors (Lipinski definition) is 3. The van der Waals surface area contributed by atoms with Gasteiger partial charge in [0, 0.05) is 32.6 Å². The van der Waals surface area contributed by atoms with E-state index in [0.29, 0.717) is 25.3 Å². The number of benzene rings is 1. The summed E-state index contributed by atoms with van der Waals surface area (Å²) in [6, 6.07) is 6.70. The van der Waals surface area contributed by atoms with Crippen LogP contribution in [-0.4, -0.2) is 39.6 Å². The van der Waals surface area contributed by atoms with Gasteiger partial charge < -0.3 is 15.5 Å². The van der Waals surface area contributed by atoms with E-state index in [1.165, 1.54) is 6.07 Å². The zero-order chi connectivity index (χ0) is 15.0. The van der Waals surface area contributed by atoms with Gasteiger partial charge in [0.2, 0.25) is 5.91 Å². The second-order valence-corrected chi connectivity index (χ2v) is 4.98. The highest BCUT2D eigenvalue weighted by molar-refractivity contribution is 5.78. The highest BCUT2D eigenvalue weighted by atomic mass is 19.1. The van der Waals surface area contributed by atoms with Crippen LogP contribution in [0.15, 0.2) is 24.3 Å². The molecule has 5 heteroatoms. The lowest BCUT2D eigenvalue weighted by Gasteiger charge is -2.20. The minimum atomic E-state index is -0.221. The molecule has 0 spiro atoms. The summed E-state index contributed by atoms with van der Waals surface area (Å²) in [4.78, 5) is 13.5. The minimum Gasteiger partial charge on any atom is -0.372 e. The maximum absolute atomic E-state index is 13.5. The van der Waals surface area contributed by atoms with Crippen LogP contribution in [0.5, 0.6) is 0 Å². The van der Waals surface area contributed by atoms with E-state index >= 15 is 0 Å². The summed E-state index contributed by atoms with van der Waals surface area (Å²) in [7, 11) is 3.68. The Balaban J connectivity index is 2.28. The van der Waals surface area contributed by atoms with Crippen LogP contribution in [0.2, 0.25) is 0 Å². The third kappa shape index (κ3) is 5.17. The van der Waals surface area contributed by atoms with Crippen molar-refractivity contribution in [3.8, 4) is 0 Å². The Kier molecular flexibility index (Phi) is 7.01. The van der Waals surface area contributed by atoms with E-state index < -0.39 is 0 Å². The number of anilines is 1. The van der Waals surface area contributed by atoms with E-state index in [1.54, 1.807) is 12.1 Å². The molecule has 4 nitrogen and oxygen atoms in total. The summed E-state index contributed by atoms with van der Waals surface area (Å²) in [5.74, 6) is -0.209. The number of carbonyl (C=O) groups is 1. The fraction of sp³-hybridized carbons (Fsp3) is 0.533. The van der Waals surface area contributed by atoms with E-state index in [9.17, 15) is 9.18 Å². The van der Waals surface area contributed by atoms with E-state index in [4.69, 9.17) is 0 Å². The fourth-order valence-electron chi connectivity index (χ4n) is 1.98. The molecule has 1 aromatic rings. The molecule has 1 aromatic carbocycles. The van der Waals surface area contributed by atoms with Gasteiger partial charge in [-0.05, 0) is 25.6 Å². The lowest BCUT2D eigenvalue weighted by molar-refractivity contribution is -0.124. The zero-order valence-electron chi connectivity index (χ0n) is 12.4. The Labute approximate surface area is 120 Å². The molecule has 0 saturated heterocycles. The maximum Gasteiger partial charge on any atom is 0.224 e. The van der Waals surface area contributed by atoms with Crippen LogP contribution in [-0.2, 0) is 4.79 Å². The Hall–Kier alpha value is -1.62. The van der Waals surface area contributed by atoms with Gasteiger partial charge in [0.05, 0.1) is 5.69 Å². The summed E-state index contributed by atoms with van der Waals surface area (Å²) in [5, 5.41) is 5.86. The highest BCUT2D eigenvalue weighted by Gasteiger charge is 2.11. The van der Waals surface area contributed by atoms with Crippen molar-refractivity contribution in [3.63, 3.8) is 0 Å². The van der Waals surface area contributed by atoms with Crippen molar-refractivity contribution in [3.05, 3.63) is 30.1 Å². The van der Waals surface area contributed by atoms with Crippen LogP contribution in [0.25, 0.3) is 0 Å². The molecule has 0 aliphatic heterocycles. The summed E-state index contributed by atoms with van der Waals surface area (Å²) < 4.78 is 13.5. The molecule has 0 heterocycles. The van der Waals surface area contributed by atoms with Crippen LogP contribution in [0.4, 0.5) is 10.1 Å². The Bertz CT molecular complexity index is 425. The molecular formula is C15H24FN3O. The molecule has 112 valence electrons. The number of carbonyl (C=O) groups excluding carboxylic acids is 1. The average Bonchev–Trinajstić information content (AvgIpc) is 2.43. The number of rotatable bonds is 8. The number of nitrogens with zero attached hydrogens (tertiary/aromatic N) is 1. The van der Waals surface area contributed by atoms with E-state index in [0.717, 1.165) is 6.42 Å². The Morgan fingerprint density at radius 1 is 1.40 bits per heavy atom. The monoisotopic (exact) mass is 281 g/mol. The third-order valence-electron chi connectivity index (χ3n) is 3.19. The number of hydrogen-bond donors (Lipinski definition) is 2. The predicted molar refractivity (Wildman–Crippen MR) is 80.4 cm³/mol. The maximum atomic E-state index is 13.5. The lowest BCUT2D eigenvalue weighted by Crippen LogP contribution is -2.35. The summed E-state index contributed by atoms with van der Waals surface area (Å²) in [6.45, 7) is 3.85. The molecule has 2 N–H and O–H groups in total. The van der Waals surface area contributed by atoms with Gasteiger partial charge in [-0.15, -0.1) is 0 Å². The molecule has 0 fully saturated rings. The highest BCUT2D eigenvalue weighted by Crippen LogP contribution is 2.16. The molecule has 0 aliphatic carbocycles. The van der Waals surface area contributed by atoms with Gasteiger partial charge in [-0.2, -0.15) is 0 Å². The van der Waals surface area contributed by atoms with E-state index in [-0.39, 0.29) is 17.6 Å². The van der Waals surface area contributed by atoms with Gasteiger partial charge in [-0.3, -0.25) is 4.79 Å². The van der Waals surface area contributed by atoms with Crippen molar-refractivity contribution in [2.45, 2.75) is 13.3 Å². The van der Waals surface area contributed by atoms with Crippen molar-refractivity contribution in [2.24, 2.45) is 5.92 Å². The van der Waals surface area contributed by atoms with Gasteiger partial charge in [-0.1, -0.05) is 19.1 Å². The first-order chi connectivity index (χ1) is 9.56. The van der Waals surface area contributed by atoms with Crippen molar-refractivity contribution >= 4 is 11.6 Å². The molecule has 1 unspecified atom stereocenters. The number of amides is 1. The second kappa shape index (κ2) is 8.53. The molecule has 0 radical (unpaired) electrons. The van der Waals surface area contributed by atoms with Crippen LogP contribution in [0, 0.1) is 11.7 Å². The van der Waals surface area contributed by atoms with Gasteiger partial charge in [0.15, 0.2) is 0 Å². The summed E-state index contributed by atoms with van der Waals surface area (Å²) >= 11 is 0. The van der Waals surface area contributed by atoms with Crippen LogP contribution < -0.4 is 15.5 Å². The topological polar surface area (TPSA) is 44.4 Å².